The van der Waals surface area contributed by atoms with E-state index in [0.29, 0.717) is 38.5 Å². The molecular formula is C48H76O9. The van der Waals surface area contributed by atoms with E-state index in [9.17, 15) is 40.5 Å². The Hall–Kier alpha value is -3.09. The zero-order valence-corrected chi connectivity index (χ0v) is 34.7. The first-order valence-electron chi connectivity index (χ1n) is 21.8. The second-order valence-electron chi connectivity index (χ2n) is 15.2. The second kappa shape index (κ2) is 39.7. The molecule has 0 spiro atoms. The molecule has 0 aromatic carbocycles. The number of hydrogen-bond donors (Lipinski definition) is 8. The monoisotopic (exact) mass is 797 g/mol. The molecule has 0 radical (unpaired) electrons. The Balaban J connectivity index is 3.56. The molecule has 9 nitrogen and oxygen atoms in total. The van der Waals surface area contributed by atoms with Crippen LogP contribution in [-0.4, -0.2) is 89.5 Å². The molecule has 0 aromatic rings. The predicted octanol–water partition coefficient (Wildman–Crippen LogP) is 7.28. The van der Waals surface area contributed by atoms with E-state index in [0.717, 1.165) is 38.5 Å². The van der Waals surface area contributed by atoms with Gasteiger partial charge in [0.2, 0.25) is 0 Å². The van der Waals surface area contributed by atoms with Crippen LogP contribution < -0.4 is 0 Å². The number of rotatable bonds is 34. The van der Waals surface area contributed by atoms with Crippen molar-refractivity contribution in [3.05, 3.63) is 24.3 Å². The third-order valence-electron chi connectivity index (χ3n) is 9.76. The largest absolute Gasteiger partial charge is 0.472 e. The topological polar surface area (TPSA) is 179 Å². The minimum atomic E-state index is -1.30. The zero-order chi connectivity index (χ0) is 42.2. The van der Waals surface area contributed by atoms with Gasteiger partial charge in [-0.3, -0.25) is 0 Å². The van der Waals surface area contributed by atoms with Crippen molar-refractivity contribution in [2.75, 3.05) is 0 Å². The molecule has 9 heteroatoms. The number of carbonyl (C=O) groups is 1. The van der Waals surface area contributed by atoms with Crippen LogP contribution in [0.5, 0.6) is 0 Å². The average molecular weight is 797 g/mol. The van der Waals surface area contributed by atoms with Crippen LogP contribution >= 0.6 is 0 Å². The Morgan fingerprint density at radius 2 is 1.02 bits per heavy atom. The van der Waals surface area contributed by atoms with Gasteiger partial charge in [0.25, 0.3) is 0 Å². The van der Waals surface area contributed by atoms with Gasteiger partial charge >= 0.3 is 5.97 Å². The molecular weight excluding hydrogens is 721 g/mol. The highest BCUT2D eigenvalue weighted by Gasteiger charge is 2.13. The molecule has 7 atom stereocenters. The fourth-order valence-electron chi connectivity index (χ4n) is 6.29. The van der Waals surface area contributed by atoms with E-state index < -0.39 is 48.7 Å². The molecule has 0 aromatic heterocycles. The Bertz CT molecular complexity index is 1270. The molecule has 0 bridgehead atoms. The number of carboxylic acids is 1. The smallest absolute Gasteiger partial charge is 0.381 e. The predicted molar refractivity (Wildman–Crippen MR) is 229 cm³/mol. The normalized spacial score (nSPS) is 14.9. The summed E-state index contributed by atoms with van der Waals surface area (Å²) in [5.74, 6) is 15.8. The first-order valence-corrected chi connectivity index (χ1v) is 21.8. The molecule has 0 saturated carbocycles. The fraction of sp³-hybridized carbons (Fsp3) is 0.729. The summed E-state index contributed by atoms with van der Waals surface area (Å²) >= 11 is 0. The molecule has 0 fully saturated rings. The van der Waals surface area contributed by atoms with Crippen molar-refractivity contribution in [3.63, 3.8) is 0 Å². The summed E-state index contributed by atoms with van der Waals surface area (Å²) in [7, 11) is 0. The standard InChI is InChI=1S/C48H76O9/c1-2-41(49)37-38-45(53)35-28-34-44(52)33-27-32-43(51)31-25-22-24-30-42(50)29-23-20-18-16-14-12-10-8-6-4-3-5-7-9-11-13-15-17-19-21-26-36-46(54)47(55)39-40-48(56)57/h1,23,29,37-38,41-47,49-55H,3-22,24,26,28,30,33-36H2,(H,56,57). The van der Waals surface area contributed by atoms with Gasteiger partial charge in [-0.15, -0.1) is 6.42 Å². The van der Waals surface area contributed by atoms with Crippen LogP contribution in [-0.2, 0) is 4.79 Å². The number of unbranched alkanes of at least 4 members (excludes halogenated alkanes) is 20. The number of aliphatic hydroxyl groups excluding tert-OH is 7. The van der Waals surface area contributed by atoms with Gasteiger partial charge in [0.05, 0.1) is 24.4 Å². The lowest BCUT2D eigenvalue weighted by Gasteiger charge is -2.12. The van der Waals surface area contributed by atoms with E-state index in [-0.39, 0.29) is 6.42 Å². The van der Waals surface area contributed by atoms with E-state index in [1.54, 1.807) is 0 Å². The highest BCUT2D eigenvalue weighted by molar-refractivity contribution is 5.86. The van der Waals surface area contributed by atoms with Crippen LogP contribution in [0.3, 0.4) is 0 Å². The van der Waals surface area contributed by atoms with Crippen LogP contribution in [0, 0.1) is 47.9 Å². The summed E-state index contributed by atoms with van der Waals surface area (Å²) in [5.41, 5.74) is 0. The lowest BCUT2D eigenvalue weighted by atomic mass is 10.0. The van der Waals surface area contributed by atoms with E-state index in [1.807, 2.05) is 12.0 Å². The first-order chi connectivity index (χ1) is 27.5. The molecule has 0 heterocycles. The maximum absolute atomic E-state index is 10.4. The van der Waals surface area contributed by atoms with Crippen LogP contribution in [0.2, 0.25) is 0 Å². The van der Waals surface area contributed by atoms with Crippen LogP contribution in [0.4, 0.5) is 0 Å². The van der Waals surface area contributed by atoms with Gasteiger partial charge in [-0.05, 0) is 57.4 Å². The Morgan fingerprint density at radius 1 is 0.526 bits per heavy atom. The number of aliphatic carboxylic acids is 1. The van der Waals surface area contributed by atoms with Gasteiger partial charge in [0.15, 0.2) is 6.10 Å². The molecule has 0 rings (SSSR count). The number of allylic oxidation sites excluding steroid dienone is 1. The summed E-state index contributed by atoms with van der Waals surface area (Å²) in [6.07, 6.45) is 34.1. The lowest BCUT2D eigenvalue weighted by molar-refractivity contribution is -0.130. The maximum Gasteiger partial charge on any atom is 0.381 e. The molecule has 7 unspecified atom stereocenters. The Labute approximate surface area is 345 Å². The van der Waals surface area contributed by atoms with Crippen molar-refractivity contribution in [1.82, 2.24) is 0 Å². The van der Waals surface area contributed by atoms with Crippen LogP contribution in [0.1, 0.15) is 180 Å². The van der Waals surface area contributed by atoms with Gasteiger partial charge in [0.1, 0.15) is 12.2 Å². The van der Waals surface area contributed by atoms with E-state index >= 15 is 0 Å². The first kappa shape index (κ1) is 53.9. The molecule has 57 heavy (non-hydrogen) atoms. The highest BCUT2D eigenvalue weighted by Crippen LogP contribution is 2.16. The number of terminal acetylenes is 1. The summed E-state index contributed by atoms with van der Waals surface area (Å²) in [6, 6.07) is 0. The number of aliphatic hydroxyl groups is 7. The summed E-state index contributed by atoms with van der Waals surface area (Å²) < 4.78 is 0. The Morgan fingerprint density at radius 3 is 1.56 bits per heavy atom. The van der Waals surface area contributed by atoms with Crippen molar-refractivity contribution < 1.29 is 45.6 Å². The molecule has 0 aliphatic heterocycles. The molecule has 0 aliphatic carbocycles. The minimum absolute atomic E-state index is 0.206. The Kier molecular flexibility index (Phi) is 37.6. The van der Waals surface area contributed by atoms with Gasteiger partial charge in [-0.1, -0.05) is 169 Å². The third-order valence-corrected chi connectivity index (χ3v) is 9.76. The number of hydrogen-bond acceptors (Lipinski definition) is 8. The number of carboxylic acid groups (broad SMARTS) is 1. The van der Waals surface area contributed by atoms with Crippen molar-refractivity contribution >= 4 is 5.97 Å². The van der Waals surface area contributed by atoms with Crippen molar-refractivity contribution in [2.45, 2.75) is 223 Å². The molecule has 0 amide bonds. The van der Waals surface area contributed by atoms with Gasteiger partial charge in [-0.2, -0.15) is 0 Å². The quantitative estimate of drug-likeness (QED) is 0.0189. The van der Waals surface area contributed by atoms with Crippen molar-refractivity contribution in [2.24, 2.45) is 0 Å². The SMILES string of the molecule is C#CC(O)C=CC(O)CCCC(O)CC#CC(O)C#CCCCC(O)C=CCCCCCCCCCCCCCCCCCCCCCC(O)C(O)C#CC(=O)O. The third kappa shape index (κ3) is 39.5. The lowest BCUT2D eigenvalue weighted by Crippen LogP contribution is -2.24. The minimum Gasteiger partial charge on any atom is -0.472 e. The van der Waals surface area contributed by atoms with E-state index in [1.165, 1.54) is 108 Å². The van der Waals surface area contributed by atoms with Crippen LogP contribution in [0.15, 0.2) is 24.3 Å². The van der Waals surface area contributed by atoms with E-state index in [2.05, 4.69) is 41.6 Å². The summed E-state index contributed by atoms with van der Waals surface area (Å²) in [6.45, 7) is 0. The summed E-state index contributed by atoms with van der Waals surface area (Å²) in [5, 5.41) is 77.2. The zero-order valence-electron chi connectivity index (χ0n) is 34.7. The summed E-state index contributed by atoms with van der Waals surface area (Å²) in [4.78, 5) is 10.4. The average Bonchev–Trinajstić information content (AvgIpc) is 3.18. The van der Waals surface area contributed by atoms with E-state index in [4.69, 9.17) is 11.5 Å². The maximum atomic E-state index is 10.4. The molecule has 322 valence electrons. The highest BCUT2D eigenvalue weighted by atomic mass is 16.4. The van der Waals surface area contributed by atoms with Crippen LogP contribution in [0.25, 0.3) is 0 Å². The van der Waals surface area contributed by atoms with Gasteiger partial charge < -0.3 is 40.9 Å². The van der Waals surface area contributed by atoms with Gasteiger partial charge in [-0.25, -0.2) is 4.79 Å². The van der Waals surface area contributed by atoms with Crippen molar-refractivity contribution in [3.8, 4) is 47.9 Å². The molecule has 0 saturated heterocycles. The fourth-order valence-corrected chi connectivity index (χ4v) is 6.29. The van der Waals surface area contributed by atoms with Crippen molar-refractivity contribution in [1.29, 1.82) is 0 Å². The molecule has 8 N–H and O–H groups in total. The molecule has 0 aliphatic rings. The van der Waals surface area contributed by atoms with Gasteiger partial charge in [0, 0.05) is 18.8 Å². The second-order valence-corrected chi connectivity index (χ2v) is 15.2.